The van der Waals surface area contributed by atoms with E-state index in [0.717, 1.165) is 25.3 Å². The maximum Gasteiger partial charge on any atom is 0.180 e. The van der Waals surface area contributed by atoms with Crippen molar-refractivity contribution in [3.63, 3.8) is 0 Å². The van der Waals surface area contributed by atoms with E-state index in [-0.39, 0.29) is 6.29 Å². The standard InChI is InChI=1S/C10H21NO3/c1-11-6-8-4-9(5-8)14-7-10(12-2)13-3/h8-11H,4-7H2,1-3H3. The Morgan fingerprint density at radius 2 is 1.93 bits per heavy atom. The van der Waals surface area contributed by atoms with Crippen LogP contribution in [0.3, 0.4) is 0 Å². The van der Waals surface area contributed by atoms with Crippen LogP contribution in [0.5, 0.6) is 0 Å². The van der Waals surface area contributed by atoms with Gasteiger partial charge in [0.25, 0.3) is 0 Å². The SMILES string of the molecule is CNCC1CC(OCC(OC)OC)C1. The monoisotopic (exact) mass is 203 g/mol. The minimum Gasteiger partial charge on any atom is -0.373 e. The van der Waals surface area contributed by atoms with Crippen molar-refractivity contribution in [2.24, 2.45) is 5.92 Å². The summed E-state index contributed by atoms with van der Waals surface area (Å²) in [6.45, 7) is 1.63. The maximum atomic E-state index is 5.62. The van der Waals surface area contributed by atoms with Crippen molar-refractivity contribution >= 4 is 0 Å². The molecule has 1 rings (SSSR count). The summed E-state index contributed by atoms with van der Waals surface area (Å²) < 4.78 is 15.7. The van der Waals surface area contributed by atoms with Gasteiger partial charge >= 0.3 is 0 Å². The zero-order valence-electron chi connectivity index (χ0n) is 9.29. The van der Waals surface area contributed by atoms with Crippen LogP contribution in [0.25, 0.3) is 0 Å². The summed E-state index contributed by atoms with van der Waals surface area (Å²) in [5.74, 6) is 0.786. The smallest absolute Gasteiger partial charge is 0.180 e. The van der Waals surface area contributed by atoms with Crippen molar-refractivity contribution in [2.45, 2.75) is 25.2 Å². The molecule has 0 aliphatic heterocycles. The van der Waals surface area contributed by atoms with Gasteiger partial charge in [0.15, 0.2) is 6.29 Å². The minimum absolute atomic E-state index is 0.224. The lowest BCUT2D eigenvalue weighted by atomic mass is 9.82. The van der Waals surface area contributed by atoms with E-state index in [0.29, 0.717) is 12.7 Å². The predicted molar refractivity (Wildman–Crippen MR) is 54.2 cm³/mol. The van der Waals surface area contributed by atoms with Gasteiger partial charge in [0, 0.05) is 14.2 Å². The highest BCUT2D eigenvalue weighted by Gasteiger charge is 2.29. The first-order valence-electron chi connectivity index (χ1n) is 5.12. The molecule has 1 fully saturated rings. The molecule has 1 aliphatic rings. The van der Waals surface area contributed by atoms with Crippen LogP contribution in [0.1, 0.15) is 12.8 Å². The van der Waals surface area contributed by atoms with E-state index in [1.54, 1.807) is 14.2 Å². The molecule has 14 heavy (non-hydrogen) atoms. The molecule has 0 spiro atoms. The van der Waals surface area contributed by atoms with E-state index in [1.807, 2.05) is 7.05 Å². The second-order valence-electron chi connectivity index (χ2n) is 3.75. The molecule has 84 valence electrons. The quantitative estimate of drug-likeness (QED) is 0.616. The molecule has 0 radical (unpaired) electrons. The van der Waals surface area contributed by atoms with Gasteiger partial charge in [-0.05, 0) is 32.4 Å². The van der Waals surface area contributed by atoms with Crippen LogP contribution in [0.2, 0.25) is 0 Å². The predicted octanol–water partition coefficient (Wildman–Crippen LogP) is 0.620. The molecule has 0 aromatic rings. The molecule has 1 aliphatic carbocycles. The summed E-state index contributed by atoms with van der Waals surface area (Å²) in [7, 11) is 5.24. The van der Waals surface area contributed by atoms with Crippen LogP contribution in [0.4, 0.5) is 0 Å². The second kappa shape index (κ2) is 6.35. The fourth-order valence-corrected chi connectivity index (χ4v) is 1.71. The molecule has 0 saturated heterocycles. The summed E-state index contributed by atoms with van der Waals surface area (Å²) in [5.41, 5.74) is 0. The number of ether oxygens (including phenoxy) is 3. The fourth-order valence-electron chi connectivity index (χ4n) is 1.71. The molecule has 4 nitrogen and oxygen atoms in total. The van der Waals surface area contributed by atoms with Crippen molar-refractivity contribution in [3.05, 3.63) is 0 Å². The number of nitrogens with one attached hydrogen (secondary N) is 1. The summed E-state index contributed by atoms with van der Waals surface area (Å²) in [6.07, 6.45) is 2.49. The van der Waals surface area contributed by atoms with E-state index in [2.05, 4.69) is 5.32 Å². The lowest BCUT2D eigenvalue weighted by molar-refractivity contribution is -0.164. The van der Waals surface area contributed by atoms with E-state index >= 15 is 0 Å². The highest BCUT2D eigenvalue weighted by atomic mass is 16.7. The molecule has 0 aromatic heterocycles. The number of hydrogen-bond acceptors (Lipinski definition) is 4. The van der Waals surface area contributed by atoms with Crippen LogP contribution in [-0.2, 0) is 14.2 Å². The topological polar surface area (TPSA) is 39.7 Å². The van der Waals surface area contributed by atoms with E-state index in [9.17, 15) is 0 Å². The van der Waals surface area contributed by atoms with Gasteiger partial charge in [-0.2, -0.15) is 0 Å². The number of methoxy groups -OCH3 is 2. The molecular weight excluding hydrogens is 182 g/mol. The van der Waals surface area contributed by atoms with Gasteiger partial charge < -0.3 is 19.5 Å². The zero-order valence-corrected chi connectivity index (χ0v) is 9.29. The second-order valence-corrected chi connectivity index (χ2v) is 3.75. The van der Waals surface area contributed by atoms with Crippen LogP contribution in [-0.4, -0.2) is 46.8 Å². The van der Waals surface area contributed by atoms with Gasteiger partial charge in [-0.15, -0.1) is 0 Å². The van der Waals surface area contributed by atoms with Crippen LogP contribution >= 0.6 is 0 Å². The van der Waals surface area contributed by atoms with Crippen molar-refractivity contribution in [1.29, 1.82) is 0 Å². The Balaban J connectivity index is 1.99. The average molecular weight is 203 g/mol. The molecular formula is C10H21NO3. The Kier molecular flexibility index (Phi) is 5.40. The van der Waals surface area contributed by atoms with Gasteiger partial charge in [-0.25, -0.2) is 0 Å². The van der Waals surface area contributed by atoms with Crippen molar-refractivity contribution in [1.82, 2.24) is 5.32 Å². The lowest BCUT2D eigenvalue weighted by Crippen LogP contribution is -2.38. The normalized spacial score (nSPS) is 26.6. The first-order valence-corrected chi connectivity index (χ1v) is 5.12. The van der Waals surface area contributed by atoms with Crippen LogP contribution in [0.15, 0.2) is 0 Å². The minimum atomic E-state index is -0.224. The van der Waals surface area contributed by atoms with Gasteiger partial charge in [-0.1, -0.05) is 0 Å². The zero-order chi connectivity index (χ0) is 10.4. The number of rotatable bonds is 7. The van der Waals surface area contributed by atoms with Gasteiger partial charge in [0.2, 0.25) is 0 Å². The van der Waals surface area contributed by atoms with Gasteiger partial charge in [0.1, 0.15) is 0 Å². The molecule has 0 bridgehead atoms. The first-order chi connectivity index (χ1) is 6.80. The van der Waals surface area contributed by atoms with E-state index in [4.69, 9.17) is 14.2 Å². The highest BCUT2D eigenvalue weighted by molar-refractivity contribution is 4.81. The summed E-state index contributed by atoms with van der Waals surface area (Å²) in [6, 6.07) is 0. The molecule has 1 N–H and O–H groups in total. The van der Waals surface area contributed by atoms with Gasteiger partial charge in [0.05, 0.1) is 12.7 Å². The Morgan fingerprint density at radius 3 is 2.43 bits per heavy atom. The van der Waals surface area contributed by atoms with Gasteiger partial charge in [-0.3, -0.25) is 0 Å². The molecule has 0 unspecified atom stereocenters. The Hall–Kier alpha value is -0.160. The molecule has 0 amide bonds. The van der Waals surface area contributed by atoms with E-state index in [1.165, 1.54) is 0 Å². The van der Waals surface area contributed by atoms with Crippen molar-refractivity contribution in [3.8, 4) is 0 Å². The Bertz CT molecular complexity index is 144. The van der Waals surface area contributed by atoms with Crippen LogP contribution < -0.4 is 5.32 Å². The van der Waals surface area contributed by atoms with Crippen molar-refractivity contribution in [2.75, 3.05) is 34.4 Å². The first kappa shape index (κ1) is 11.9. The third-order valence-electron chi connectivity index (χ3n) is 2.68. The largest absolute Gasteiger partial charge is 0.373 e. The maximum absolute atomic E-state index is 5.62. The van der Waals surface area contributed by atoms with E-state index < -0.39 is 0 Å². The lowest BCUT2D eigenvalue weighted by Gasteiger charge is -2.35. The average Bonchev–Trinajstić information content (AvgIpc) is 2.15. The molecule has 0 heterocycles. The molecule has 0 aromatic carbocycles. The number of hydrogen-bond donors (Lipinski definition) is 1. The third kappa shape index (κ3) is 3.53. The Morgan fingerprint density at radius 1 is 1.29 bits per heavy atom. The third-order valence-corrected chi connectivity index (χ3v) is 2.68. The highest BCUT2D eigenvalue weighted by Crippen LogP contribution is 2.29. The fraction of sp³-hybridized carbons (Fsp3) is 1.00. The molecule has 1 saturated carbocycles. The summed E-state index contributed by atoms with van der Waals surface area (Å²) >= 11 is 0. The summed E-state index contributed by atoms with van der Waals surface area (Å²) in [4.78, 5) is 0. The molecule has 4 heteroatoms. The van der Waals surface area contributed by atoms with Crippen molar-refractivity contribution < 1.29 is 14.2 Å². The Labute approximate surface area is 85.9 Å². The summed E-state index contributed by atoms with van der Waals surface area (Å²) in [5, 5.41) is 3.17. The molecule has 0 atom stereocenters. The van der Waals surface area contributed by atoms with Crippen LogP contribution in [0, 0.1) is 5.92 Å².